The third-order valence-electron chi connectivity index (χ3n) is 4.76. The van der Waals surface area contributed by atoms with E-state index in [1.165, 1.54) is 19.3 Å². The van der Waals surface area contributed by atoms with Gasteiger partial charge in [-0.15, -0.1) is 0 Å². The topological polar surface area (TPSA) is 40.5 Å². The molecule has 5 atom stereocenters. The Hall–Kier alpha value is 0.504. The summed E-state index contributed by atoms with van der Waals surface area (Å²) in [6.45, 7) is 6.51. The first kappa shape index (κ1) is 23.5. The van der Waals surface area contributed by atoms with Gasteiger partial charge in [-0.3, -0.25) is 0 Å². The van der Waals surface area contributed by atoms with E-state index in [-0.39, 0.29) is 50.6 Å². The summed E-state index contributed by atoms with van der Waals surface area (Å²) >= 11 is 0. The van der Waals surface area contributed by atoms with Crippen molar-refractivity contribution in [2.24, 2.45) is 17.8 Å². The Kier molecular flexibility index (Phi) is 14.1. The van der Waals surface area contributed by atoms with Crippen molar-refractivity contribution in [3.8, 4) is 0 Å². The average Bonchev–Trinajstić information content (AvgIpc) is 2.75. The second-order valence-corrected chi connectivity index (χ2v) is 6.81. The minimum atomic E-state index is -0.395. The van der Waals surface area contributed by atoms with Crippen molar-refractivity contribution in [1.29, 1.82) is 0 Å². The molecule has 0 aromatic heterocycles. The second-order valence-electron chi connectivity index (χ2n) is 6.81. The summed E-state index contributed by atoms with van der Waals surface area (Å²) < 4.78 is 0. The van der Waals surface area contributed by atoms with Gasteiger partial charge in [0.1, 0.15) is 0 Å². The fourth-order valence-corrected chi connectivity index (χ4v) is 3.39. The van der Waals surface area contributed by atoms with Gasteiger partial charge in [-0.05, 0) is 31.1 Å². The van der Waals surface area contributed by atoms with Crippen LogP contribution in [-0.4, -0.2) is 22.4 Å². The quantitative estimate of drug-likeness (QED) is 0.320. The van der Waals surface area contributed by atoms with Crippen LogP contribution in [0.2, 0.25) is 0 Å². The zero-order valence-electron chi connectivity index (χ0n) is 15.2. The van der Waals surface area contributed by atoms with Gasteiger partial charge < -0.3 is 16.6 Å². The smallest absolute Gasteiger partial charge is 0.0631 e. The van der Waals surface area contributed by atoms with Gasteiger partial charge in [-0.2, -0.15) is 13.3 Å². The van der Waals surface area contributed by atoms with Crippen molar-refractivity contribution in [2.45, 2.75) is 77.9 Å². The largest absolute Gasteiger partial charge is 0.393 e. The first-order valence-electron chi connectivity index (χ1n) is 9.07. The Morgan fingerprint density at radius 2 is 1.96 bits per heavy atom. The maximum atomic E-state index is 10.2. The number of rotatable bonds is 10. The van der Waals surface area contributed by atoms with Crippen LogP contribution in [0.3, 0.4) is 0 Å². The fraction of sp³-hybridized carbons (Fsp3) is 0.750. The first-order valence-corrected chi connectivity index (χ1v) is 9.07. The Labute approximate surface area is 168 Å². The molecule has 2 nitrogen and oxygen atoms in total. The standard InChI is InChI=1S/C20H35O2.Y/c1-4-6-7-8-9-10-12-17-18(20(22)15-19(17)21)14-13-16(3)11-5-2;/h4,9-10,13-14,16-22H,5-8,11-12,15H2,1-3H3;/q-1;/b10-9-,14-13+;/t16?,17-,18-,19+,20-;/m1./s1. The van der Waals surface area contributed by atoms with E-state index < -0.39 is 6.10 Å². The van der Waals surface area contributed by atoms with Crippen molar-refractivity contribution in [1.82, 2.24) is 0 Å². The van der Waals surface area contributed by atoms with Crippen LogP contribution in [-0.2, 0) is 32.7 Å². The third kappa shape index (κ3) is 8.95. The molecule has 0 heterocycles. The summed E-state index contributed by atoms with van der Waals surface area (Å²) in [7, 11) is 0. The van der Waals surface area contributed by atoms with E-state index in [1.54, 1.807) is 0 Å². The zero-order chi connectivity index (χ0) is 16.4. The average molecular weight is 396 g/mol. The molecule has 2 N–H and O–H groups in total. The summed E-state index contributed by atoms with van der Waals surface area (Å²) in [5.74, 6) is 0.813. The fourth-order valence-electron chi connectivity index (χ4n) is 3.39. The maximum absolute atomic E-state index is 10.2. The predicted octanol–water partition coefficient (Wildman–Crippen LogP) is 4.67. The first-order chi connectivity index (χ1) is 10.6. The molecule has 1 rings (SSSR count). The van der Waals surface area contributed by atoms with Gasteiger partial charge >= 0.3 is 0 Å². The van der Waals surface area contributed by atoms with Gasteiger partial charge in [0.25, 0.3) is 0 Å². The van der Waals surface area contributed by atoms with Crippen LogP contribution in [0.1, 0.15) is 65.7 Å². The molecule has 3 heteroatoms. The van der Waals surface area contributed by atoms with E-state index in [1.807, 2.05) is 0 Å². The van der Waals surface area contributed by atoms with Crippen LogP contribution >= 0.6 is 0 Å². The molecule has 0 saturated heterocycles. The molecule has 131 valence electrons. The van der Waals surface area contributed by atoms with Gasteiger partial charge in [0.05, 0.1) is 12.2 Å². The van der Waals surface area contributed by atoms with Crippen molar-refractivity contribution in [2.75, 3.05) is 0 Å². The van der Waals surface area contributed by atoms with Gasteiger partial charge in [0.2, 0.25) is 0 Å². The summed E-state index contributed by atoms with van der Waals surface area (Å²) in [6.07, 6.45) is 17.4. The Morgan fingerprint density at radius 1 is 1.22 bits per heavy atom. The van der Waals surface area contributed by atoms with E-state index >= 15 is 0 Å². The molecule has 0 aliphatic heterocycles. The van der Waals surface area contributed by atoms with E-state index in [0.717, 1.165) is 19.3 Å². The van der Waals surface area contributed by atoms with Gasteiger partial charge in [-0.1, -0.05) is 51.0 Å². The molecule has 0 bridgehead atoms. The summed E-state index contributed by atoms with van der Waals surface area (Å²) in [5.41, 5.74) is 0. The Morgan fingerprint density at radius 3 is 2.61 bits per heavy atom. The van der Waals surface area contributed by atoms with Gasteiger partial charge in [0, 0.05) is 45.0 Å². The van der Waals surface area contributed by atoms with Crippen LogP contribution in [0.25, 0.3) is 0 Å². The van der Waals surface area contributed by atoms with Gasteiger partial charge in [0.15, 0.2) is 0 Å². The number of unbranched alkanes of at least 4 members (excludes halogenated alkanes) is 3. The molecule has 1 fully saturated rings. The molecule has 0 amide bonds. The minimum absolute atomic E-state index is 0. The normalized spacial score (nSPS) is 29.3. The molecular formula is C20H35O2Y-. The summed E-state index contributed by atoms with van der Waals surface area (Å²) in [4.78, 5) is 0. The molecule has 0 aromatic carbocycles. The van der Waals surface area contributed by atoms with Crippen molar-refractivity contribution >= 4 is 0 Å². The molecule has 1 aliphatic rings. The third-order valence-corrected chi connectivity index (χ3v) is 4.76. The molecule has 0 spiro atoms. The second kappa shape index (κ2) is 13.8. The Balaban J connectivity index is 0.00000484. The van der Waals surface area contributed by atoms with Crippen molar-refractivity contribution in [3.05, 3.63) is 30.7 Å². The Bertz CT molecular complexity index is 341. The van der Waals surface area contributed by atoms with E-state index in [4.69, 9.17) is 0 Å². The molecule has 0 aromatic rings. The number of aliphatic hydroxyl groups excluding tert-OH is 2. The van der Waals surface area contributed by atoms with E-state index in [2.05, 4.69) is 51.5 Å². The molecule has 1 aliphatic carbocycles. The molecule has 1 radical (unpaired) electrons. The van der Waals surface area contributed by atoms with Crippen LogP contribution in [0.15, 0.2) is 24.3 Å². The molecular weight excluding hydrogens is 361 g/mol. The van der Waals surface area contributed by atoms with Crippen molar-refractivity contribution < 1.29 is 42.9 Å². The van der Waals surface area contributed by atoms with Crippen LogP contribution < -0.4 is 0 Å². The van der Waals surface area contributed by atoms with E-state index in [9.17, 15) is 10.2 Å². The van der Waals surface area contributed by atoms with Crippen molar-refractivity contribution in [3.63, 3.8) is 0 Å². The molecule has 23 heavy (non-hydrogen) atoms. The SMILES string of the molecule is C[CH-]CCC/C=C\C[C@@H]1[C@@H](/C=C/C(C)CCC)[C@H](O)C[C@@H]1O.[Y]. The summed E-state index contributed by atoms with van der Waals surface area (Å²) in [6, 6.07) is 0. The van der Waals surface area contributed by atoms with Crippen LogP contribution in [0.4, 0.5) is 0 Å². The number of hydrogen-bond acceptors (Lipinski definition) is 2. The zero-order valence-corrected chi connectivity index (χ0v) is 18.0. The number of hydrogen-bond donors (Lipinski definition) is 2. The maximum Gasteiger partial charge on any atom is 0.0631 e. The molecule has 1 saturated carbocycles. The summed E-state index contributed by atoms with van der Waals surface area (Å²) in [5, 5.41) is 20.4. The van der Waals surface area contributed by atoms with Crippen LogP contribution in [0.5, 0.6) is 0 Å². The monoisotopic (exact) mass is 396 g/mol. The molecule has 1 unspecified atom stereocenters. The van der Waals surface area contributed by atoms with Gasteiger partial charge in [-0.25, -0.2) is 0 Å². The van der Waals surface area contributed by atoms with E-state index in [0.29, 0.717) is 12.3 Å². The minimum Gasteiger partial charge on any atom is -0.393 e. The van der Waals surface area contributed by atoms with Crippen LogP contribution in [0, 0.1) is 24.2 Å². The number of aliphatic hydroxyl groups is 2. The number of allylic oxidation sites excluding steroid dienone is 3. The predicted molar refractivity (Wildman–Crippen MR) is 94.4 cm³/mol.